The minimum Gasteiger partial charge on any atom is -0.382 e. The minimum atomic E-state index is -3.66. The van der Waals surface area contributed by atoms with E-state index in [1.54, 1.807) is 18.2 Å². The minimum absolute atomic E-state index is 0.140. The Labute approximate surface area is 215 Å². The second kappa shape index (κ2) is 10.1. The van der Waals surface area contributed by atoms with Crippen molar-refractivity contribution in [3.63, 3.8) is 0 Å². The fourth-order valence-corrected chi connectivity index (χ4v) is 7.22. The van der Waals surface area contributed by atoms with E-state index in [0.29, 0.717) is 23.3 Å². The van der Waals surface area contributed by atoms with Crippen LogP contribution < -0.4 is 10.6 Å². The van der Waals surface area contributed by atoms with E-state index in [9.17, 15) is 13.2 Å². The smallest absolute Gasteiger partial charge is 0.254 e. The molecule has 2 atom stereocenters. The zero-order valence-electron chi connectivity index (χ0n) is 21.4. The summed E-state index contributed by atoms with van der Waals surface area (Å²) in [6, 6.07) is 16.1. The number of sulfonamides is 1. The van der Waals surface area contributed by atoms with E-state index in [0.717, 1.165) is 51.5 Å². The first-order chi connectivity index (χ1) is 17.3. The van der Waals surface area contributed by atoms with Crippen LogP contribution >= 0.6 is 0 Å². The van der Waals surface area contributed by atoms with Crippen LogP contribution in [0.25, 0.3) is 0 Å². The lowest BCUT2D eigenvalue weighted by atomic mass is 9.95. The largest absolute Gasteiger partial charge is 0.382 e. The van der Waals surface area contributed by atoms with Gasteiger partial charge in [-0.2, -0.15) is 0 Å². The van der Waals surface area contributed by atoms with Gasteiger partial charge in [0.05, 0.1) is 16.1 Å². The molecule has 1 aliphatic carbocycles. The van der Waals surface area contributed by atoms with Crippen LogP contribution in [0, 0.1) is 0 Å². The summed E-state index contributed by atoms with van der Waals surface area (Å²) in [5, 5.41) is 6.97. The molecule has 0 aromatic heterocycles. The molecule has 7 nitrogen and oxygen atoms in total. The highest BCUT2D eigenvalue weighted by molar-refractivity contribution is 7.89. The highest BCUT2D eigenvalue weighted by Gasteiger charge is 2.49. The summed E-state index contributed by atoms with van der Waals surface area (Å²) >= 11 is 0. The van der Waals surface area contributed by atoms with Crippen molar-refractivity contribution in [3.05, 3.63) is 59.7 Å². The number of benzene rings is 2. The van der Waals surface area contributed by atoms with E-state index in [1.165, 1.54) is 36.8 Å². The number of nitrogens with zero attached hydrogens (tertiary/aromatic N) is 2. The number of carbonyl (C=O) groups is 1. The maximum atomic E-state index is 14.0. The quantitative estimate of drug-likeness (QED) is 0.544. The maximum absolute atomic E-state index is 14.0. The van der Waals surface area contributed by atoms with E-state index in [-0.39, 0.29) is 10.8 Å². The van der Waals surface area contributed by atoms with Crippen molar-refractivity contribution in [2.75, 3.05) is 19.4 Å². The number of fused-ring (bicyclic) bond motifs is 2. The van der Waals surface area contributed by atoms with Crippen LogP contribution in [-0.4, -0.2) is 55.4 Å². The van der Waals surface area contributed by atoms with Crippen LogP contribution in [0.5, 0.6) is 0 Å². The van der Waals surface area contributed by atoms with Gasteiger partial charge in [0.25, 0.3) is 5.91 Å². The lowest BCUT2D eigenvalue weighted by Crippen LogP contribution is -2.60. The van der Waals surface area contributed by atoms with Crippen LogP contribution in [-0.2, 0) is 16.6 Å². The van der Waals surface area contributed by atoms with Crippen molar-refractivity contribution in [2.45, 2.75) is 87.0 Å². The first-order valence-corrected chi connectivity index (χ1v) is 14.7. The Kier molecular flexibility index (Phi) is 7.12. The molecule has 1 amide bonds. The Hall–Kier alpha value is -2.42. The van der Waals surface area contributed by atoms with Crippen LogP contribution in [0.15, 0.2) is 53.4 Å². The molecule has 2 unspecified atom stereocenters. The van der Waals surface area contributed by atoms with Gasteiger partial charge in [0.1, 0.15) is 0 Å². The Morgan fingerprint density at radius 2 is 1.75 bits per heavy atom. The van der Waals surface area contributed by atoms with E-state index in [2.05, 4.69) is 39.8 Å². The Balaban J connectivity index is 1.46. The summed E-state index contributed by atoms with van der Waals surface area (Å²) in [7, 11) is -0.629. The lowest BCUT2D eigenvalue weighted by molar-refractivity contribution is 0.0185. The van der Waals surface area contributed by atoms with Crippen LogP contribution in [0.2, 0.25) is 0 Å². The molecule has 2 saturated heterocycles. The zero-order chi connectivity index (χ0) is 25.3. The maximum Gasteiger partial charge on any atom is 0.254 e. The van der Waals surface area contributed by atoms with E-state index >= 15 is 0 Å². The number of nitrogens with one attached hydrogen (secondary N) is 2. The molecule has 194 valence electrons. The van der Waals surface area contributed by atoms with Gasteiger partial charge in [0.15, 0.2) is 0 Å². The van der Waals surface area contributed by atoms with Gasteiger partial charge in [-0.05, 0) is 68.7 Å². The third kappa shape index (κ3) is 4.91. The lowest BCUT2D eigenvalue weighted by Gasteiger charge is -2.45. The molecular formula is C28H38N4O3S. The van der Waals surface area contributed by atoms with Gasteiger partial charge in [0, 0.05) is 38.4 Å². The number of carbonyl (C=O) groups excluding carboxylic acids is 1. The van der Waals surface area contributed by atoms with Gasteiger partial charge in [-0.15, -0.1) is 0 Å². The summed E-state index contributed by atoms with van der Waals surface area (Å²) in [5.41, 5.74) is 1.96. The van der Waals surface area contributed by atoms with Crippen molar-refractivity contribution in [1.82, 2.24) is 14.5 Å². The van der Waals surface area contributed by atoms with Crippen molar-refractivity contribution in [2.24, 2.45) is 0 Å². The Morgan fingerprint density at radius 1 is 1.00 bits per heavy atom. The van der Waals surface area contributed by atoms with Crippen molar-refractivity contribution < 1.29 is 13.2 Å². The molecule has 3 aliphatic rings. The Bertz CT molecular complexity index is 1190. The van der Waals surface area contributed by atoms with Gasteiger partial charge in [-0.1, -0.05) is 43.2 Å². The number of hydrogen-bond donors (Lipinski definition) is 2. The molecule has 2 aromatic carbocycles. The second-order valence-electron chi connectivity index (χ2n) is 10.8. The first kappa shape index (κ1) is 25.2. The molecule has 2 bridgehead atoms. The van der Waals surface area contributed by atoms with E-state index in [1.807, 2.05) is 6.07 Å². The number of hydrogen-bond acceptors (Lipinski definition) is 5. The van der Waals surface area contributed by atoms with Crippen molar-refractivity contribution in [1.29, 1.82) is 0 Å². The first-order valence-electron chi connectivity index (χ1n) is 13.2. The molecular weight excluding hydrogens is 472 g/mol. The summed E-state index contributed by atoms with van der Waals surface area (Å²) in [6.45, 7) is 0.800. The molecule has 36 heavy (non-hydrogen) atoms. The number of piperidine rings is 1. The molecule has 2 aliphatic heterocycles. The molecule has 8 heteroatoms. The highest BCUT2D eigenvalue weighted by Crippen LogP contribution is 2.43. The second-order valence-corrected chi connectivity index (χ2v) is 13.0. The monoisotopic (exact) mass is 510 g/mol. The number of anilines is 1. The van der Waals surface area contributed by atoms with Crippen LogP contribution in [0.3, 0.4) is 0 Å². The molecule has 0 radical (unpaired) electrons. The molecule has 2 aromatic rings. The topological polar surface area (TPSA) is 81.8 Å². The molecule has 0 spiro atoms. The van der Waals surface area contributed by atoms with Crippen LogP contribution in [0.4, 0.5) is 5.69 Å². The van der Waals surface area contributed by atoms with Gasteiger partial charge in [-0.3, -0.25) is 9.69 Å². The van der Waals surface area contributed by atoms with Gasteiger partial charge in [0.2, 0.25) is 10.0 Å². The van der Waals surface area contributed by atoms with E-state index < -0.39 is 15.7 Å². The van der Waals surface area contributed by atoms with Crippen molar-refractivity contribution >= 4 is 21.6 Å². The summed E-state index contributed by atoms with van der Waals surface area (Å²) in [5.74, 6) is -0.202. The Morgan fingerprint density at radius 3 is 2.47 bits per heavy atom. The SMILES string of the molecule is CN(C)S(=O)(=O)c1ccc(NC2CCCC2)c(C(=O)NC23CCCC(CC2)N3Cc2ccccc2)c1. The molecule has 5 rings (SSSR count). The van der Waals surface area contributed by atoms with Crippen molar-refractivity contribution in [3.8, 4) is 0 Å². The van der Waals surface area contributed by atoms with Gasteiger partial charge >= 0.3 is 0 Å². The van der Waals surface area contributed by atoms with Gasteiger partial charge < -0.3 is 10.6 Å². The predicted octanol–water partition coefficient (Wildman–Crippen LogP) is 4.57. The molecule has 2 heterocycles. The third-order valence-electron chi connectivity index (χ3n) is 8.28. The normalized spacial score (nSPS) is 24.8. The number of rotatable bonds is 8. The van der Waals surface area contributed by atoms with Gasteiger partial charge in [-0.25, -0.2) is 12.7 Å². The summed E-state index contributed by atoms with van der Waals surface area (Å²) in [6.07, 6.45) is 9.59. The fraction of sp³-hybridized carbons (Fsp3) is 0.536. The van der Waals surface area contributed by atoms with E-state index in [4.69, 9.17) is 0 Å². The highest BCUT2D eigenvalue weighted by atomic mass is 32.2. The average Bonchev–Trinajstić information content (AvgIpc) is 3.43. The summed E-state index contributed by atoms with van der Waals surface area (Å²) in [4.78, 5) is 16.6. The fourth-order valence-electron chi connectivity index (χ4n) is 6.29. The average molecular weight is 511 g/mol. The summed E-state index contributed by atoms with van der Waals surface area (Å²) < 4.78 is 27.0. The number of amides is 1. The molecule has 2 N–H and O–H groups in total. The molecule has 3 fully saturated rings. The molecule has 1 saturated carbocycles. The third-order valence-corrected chi connectivity index (χ3v) is 10.1. The zero-order valence-corrected chi connectivity index (χ0v) is 22.2. The van der Waals surface area contributed by atoms with Crippen LogP contribution in [0.1, 0.15) is 73.7 Å². The standard InChI is InChI=1S/C28H38N4O3S/c1-31(2)36(34,35)24-14-15-26(29-22-11-6-7-12-22)25(19-24)27(33)30-28-17-8-13-23(16-18-28)32(28)20-21-9-4-3-5-10-21/h3-5,9-10,14-15,19,22-23,29H,6-8,11-13,16-18,20H2,1-2H3,(H,30,33). The predicted molar refractivity (Wildman–Crippen MR) is 142 cm³/mol.